The molecule has 0 amide bonds. The van der Waals surface area contributed by atoms with Gasteiger partial charge in [0.05, 0.1) is 5.56 Å². The van der Waals surface area contributed by atoms with Gasteiger partial charge < -0.3 is 10.2 Å². The number of aromatic carboxylic acids is 1. The molecule has 0 saturated carbocycles. The van der Waals surface area contributed by atoms with Crippen molar-refractivity contribution in [3.63, 3.8) is 0 Å². The molecule has 0 saturated heterocycles. The van der Waals surface area contributed by atoms with Gasteiger partial charge in [-0.05, 0) is 24.1 Å². The Hall–Kier alpha value is -2.46. The second-order valence-corrected chi connectivity index (χ2v) is 3.22. The lowest BCUT2D eigenvalue weighted by Crippen LogP contribution is -1.95. The molecule has 0 radical (unpaired) electrons. The van der Waals surface area contributed by atoms with Gasteiger partial charge in [-0.25, -0.2) is 4.79 Å². The van der Waals surface area contributed by atoms with Gasteiger partial charge in [-0.1, -0.05) is 23.3 Å². The second kappa shape index (κ2) is 6.19. The lowest BCUT2D eigenvalue weighted by Gasteiger charge is -2.00. The first-order valence-corrected chi connectivity index (χ1v) is 4.89. The van der Waals surface area contributed by atoms with Crippen LogP contribution in [0.5, 0.6) is 5.75 Å². The first kappa shape index (κ1) is 12.6. The number of nitrogens with zero attached hydrogens (tertiary/aromatic N) is 3. The summed E-state index contributed by atoms with van der Waals surface area (Å²) >= 11 is 0. The van der Waals surface area contributed by atoms with E-state index < -0.39 is 5.97 Å². The predicted octanol–water partition coefficient (Wildman–Crippen LogP) is 2.80. The Morgan fingerprint density at radius 2 is 2.29 bits per heavy atom. The van der Waals surface area contributed by atoms with Gasteiger partial charge in [-0.2, -0.15) is 0 Å². The zero-order chi connectivity index (χ0) is 12.7. The van der Waals surface area contributed by atoms with Crippen molar-refractivity contribution in [2.75, 3.05) is 6.54 Å². The summed E-state index contributed by atoms with van der Waals surface area (Å²) in [6, 6.07) is 4.12. The van der Waals surface area contributed by atoms with Crippen LogP contribution in [0.2, 0.25) is 0 Å². The maximum atomic E-state index is 10.6. The maximum absolute atomic E-state index is 10.6. The van der Waals surface area contributed by atoms with Gasteiger partial charge in [0.2, 0.25) is 0 Å². The van der Waals surface area contributed by atoms with Gasteiger partial charge in [0.25, 0.3) is 0 Å². The fourth-order valence-corrected chi connectivity index (χ4v) is 1.20. The molecule has 0 bridgehead atoms. The molecule has 0 fully saturated rings. The van der Waals surface area contributed by atoms with E-state index in [0.29, 0.717) is 18.5 Å². The number of carboxylic acids is 1. The maximum Gasteiger partial charge on any atom is 0.335 e. The van der Waals surface area contributed by atoms with Crippen molar-refractivity contribution in [1.29, 1.82) is 0 Å². The van der Waals surface area contributed by atoms with E-state index in [0.717, 1.165) is 0 Å². The average Bonchev–Trinajstić information content (AvgIpc) is 2.30. The third-order valence-electron chi connectivity index (χ3n) is 2.03. The Morgan fingerprint density at radius 1 is 1.53 bits per heavy atom. The first-order chi connectivity index (χ1) is 8.15. The summed E-state index contributed by atoms with van der Waals surface area (Å²) in [7, 11) is 0. The zero-order valence-electron chi connectivity index (χ0n) is 8.95. The van der Waals surface area contributed by atoms with Gasteiger partial charge in [-0.15, -0.1) is 0 Å². The lowest BCUT2D eigenvalue weighted by atomic mass is 10.1. The van der Waals surface area contributed by atoms with E-state index in [9.17, 15) is 9.90 Å². The molecule has 0 aliphatic heterocycles. The molecule has 1 rings (SSSR count). The number of benzene rings is 1. The van der Waals surface area contributed by atoms with Gasteiger partial charge >= 0.3 is 5.97 Å². The van der Waals surface area contributed by atoms with E-state index >= 15 is 0 Å². The highest BCUT2D eigenvalue weighted by atomic mass is 16.4. The molecule has 0 aliphatic carbocycles. The van der Waals surface area contributed by atoms with Crippen molar-refractivity contribution in [2.45, 2.75) is 6.42 Å². The molecule has 17 heavy (non-hydrogen) atoms. The number of phenols is 1. The molecule has 0 unspecified atom stereocenters. The number of azide groups is 1. The molecule has 88 valence electrons. The molecule has 0 atom stereocenters. The Balaban J connectivity index is 2.72. The normalized spacial score (nSPS) is 10.1. The van der Waals surface area contributed by atoms with Crippen LogP contribution in [0.3, 0.4) is 0 Å². The highest BCUT2D eigenvalue weighted by Crippen LogP contribution is 2.20. The molecule has 6 nitrogen and oxygen atoms in total. The van der Waals surface area contributed by atoms with E-state index in [-0.39, 0.29) is 11.3 Å². The van der Waals surface area contributed by atoms with Gasteiger partial charge in [-0.3, -0.25) is 0 Å². The Bertz CT molecular complexity index is 491. The molecule has 1 aromatic carbocycles. The van der Waals surface area contributed by atoms with Crippen molar-refractivity contribution < 1.29 is 15.0 Å². The molecule has 2 N–H and O–H groups in total. The smallest absolute Gasteiger partial charge is 0.335 e. The molecule has 0 spiro atoms. The minimum absolute atomic E-state index is 0.0359. The number of hydrogen-bond donors (Lipinski definition) is 2. The van der Waals surface area contributed by atoms with Crippen LogP contribution < -0.4 is 0 Å². The molecule has 0 aliphatic rings. The van der Waals surface area contributed by atoms with Gasteiger partial charge in [0, 0.05) is 17.0 Å². The lowest BCUT2D eigenvalue weighted by molar-refractivity contribution is 0.0696. The molecular weight excluding hydrogens is 222 g/mol. The fourth-order valence-electron chi connectivity index (χ4n) is 1.20. The van der Waals surface area contributed by atoms with E-state index in [1.807, 2.05) is 0 Å². The van der Waals surface area contributed by atoms with Crippen LogP contribution in [0.4, 0.5) is 0 Å². The highest BCUT2D eigenvalue weighted by molar-refractivity contribution is 5.88. The van der Waals surface area contributed by atoms with Crippen LogP contribution in [0.25, 0.3) is 16.5 Å². The van der Waals surface area contributed by atoms with Crippen molar-refractivity contribution in [3.8, 4) is 5.75 Å². The van der Waals surface area contributed by atoms with Crippen LogP contribution >= 0.6 is 0 Å². The third kappa shape index (κ3) is 3.89. The zero-order valence-corrected chi connectivity index (χ0v) is 8.95. The monoisotopic (exact) mass is 233 g/mol. The van der Waals surface area contributed by atoms with Crippen LogP contribution in [-0.2, 0) is 0 Å². The second-order valence-electron chi connectivity index (χ2n) is 3.22. The minimum atomic E-state index is -1.08. The number of carboxylic acid groups (broad SMARTS) is 1. The molecule has 1 aromatic rings. The number of rotatable bonds is 5. The fraction of sp³-hybridized carbons (Fsp3) is 0.182. The number of aromatic hydroxyl groups is 1. The summed E-state index contributed by atoms with van der Waals surface area (Å²) in [6.45, 7) is 0.348. The first-order valence-electron chi connectivity index (χ1n) is 4.89. The molecule has 6 heteroatoms. The molecular formula is C11H11N3O3. The summed E-state index contributed by atoms with van der Waals surface area (Å²) in [5.41, 5.74) is 8.61. The largest absolute Gasteiger partial charge is 0.507 e. The predicted molar refractivity (Wildman–Crippen MR) is 62.7 cm³/mol. The minimum Gasteiger partial charge on any atom is -0.507 e. The van der Waals surface area contributed by atoms with Crippen molar-refractivity contribution in [3.05, 3.63) is 45.8 Å². The van der Waals surface area contributed by atoms with Gasteiger partial charge in [0.1, 0.15) is 5.75 Å². The highest BCUT2D eigenvalue weighted by Gasteiger charge is 2.05. The Kier molecular flexibility index (Phi) is 4.59. The van der Waals surface area contributed by atoms with E-state index in [4.69, 9.17) is 10.6 Å². The third-order valence-corrected chi connectivity index (χ3v) is 2.03. The Labute approximate surface area is 97.5 Å². The van der Waals surface area contributed by atoms with Crippen molar-refractivity contribution >= 4 is 12.0 Å². The van der Waals surface area contributed by atoms with Crippen LogP contribution in [0.1, 0.15) is 22.3 Å². The SMILES string of the molecule is [N-]=[N+]=NCCC=Cc1ccc(C(=O)O)cc1O. The Morgan fingerprint density at radius 3 is 2.88 bits per heavy atom. The number of carbonyl (C=O) groups is 1. The topological polar surface area (TPSA) is 106 Å². The summed E-state index contributed by atoms with van der Waals surface area (Å²) in [6.07, 6.45) is 3.95. The van der Waals surface area contributed by atoms with Crippen LogP contribution in [0.15, 0.2) is 29.4 Å². The molecule has 0 aromatic heterocycles. The summed E-state index contributed by atoms with van der Waals surface area (Å²) in [4.78, 5) is 13.2. The number of hydrogen-bond acceptors (Lipinski definition) is 3. The number of phenolic OH excluding ortho intramolecular Hbond substituents is 1. The standard InChI is InChI=1S/C11H11N3O3/c12-14-13-6-2-1-3-8-4-5-9(11(16)17)7-10(8)15/h1,3-5,7,15H,2,6H2,(H,16,17). The summed E-state index contributed by atoms with van der Waals surface area (Å²) in [5, 5.41) is 21.6. The molecule has 0 heterocycles. The van der Waals surface area contributed by atoms with Crippen LogP contribution in [0, 0.1) is 0 Å². The van der Waals surface area contributed by atoms with E-state index in [1.165, 1.54) is 18.2 Å². The van der Waals surface area contributed by atoms with E-state index in [1.54, 1.807) is 12.2 Å². The summed E-state index contributed by atoms with van der Waals surface area (Å²) < 4.78 is 0. The van der Waals surface area contributed by atoms with Crippen molar-refractivity contribution in [2.24, 2.45) is 5.11 Å². The van der Waals surface area contributed by atoms with Gasteiger partial charge in [0.15, 0.2) is 0 Å². The summed E-state index contributed by atoms with van der Waals surface area (Å²) in [5.74, 6) is -1.18. The van der Waals surface area contributed by atoms with Crippen LogP contribution in [-0.4, -0.2) is 22.7 Å². The average molecular weight is 233 g/mol. The quantitative estimate of drug-likeness (QED) is 0.353. The van der Waals surface area contributed by atoms with Crippen molar-refractivity contribution in [1.82, 2.24) is 0 Å². The van der Waals surface area contributed by atoms with E-state index in [2.05, 4.69) is 10.0 Å².